The van der Waals surface area contributed by atoms with Crippen LogP contribution < -0.4 is 10.1 Å². The summed E-state index contributed by atoms with van der Waals surface area (Å²) in [6, 6.07) is 16.3. The van der Waals surface area contributed by atoms with Crippen LogP contribution in [0.25, 0.3) is 22.2 Å². The maximum Gasteiger partial charge on any atom is 0.335 e. The molecular formula is C25H23N5O4. The Morgan fingerprint density at radius 2 is 2.00 bits per heavy atom. The maximum absolute atomic E-state index is 13.2. The van der Waals surface area contributed by atoms with Gasteiger partial charge in [0, 0.05) is 23.6 Å². The van der Waals surface area contributed by atoms with Crippen molar-refractivity contribution in [2.24, 2.45) is 0 Å². The molecule has 2 unspecified atom stereocenters. The monoisotopic (exact) mass is 457 g/mol. The molecule has 0 saturated heterocycles. The van der Waals surface area contributed by atoms with Crippen LogP contribution in [-0.2, 0) is 20.7 Å². The Bertz CT molecular complexity index is 1380. The number of para-hydroxylation sites is 1. The highest BCUT2D eigenvalue weighted by Gasteiger charge is 2.46. The first-order valence-corrected chi connectivity index (χ1v) is 10.9. The minimum atomic E-state index is -1.33. The Labute approximate surface area is 195 Å². The summed E-state index contributed by atoms with van der Waals surface area (Å²) in [6.07, 6.45) is 3.71. The molecule has 172 valence electrons. The molecule has 1 amide bonds. The van der Waals surface area contributed by atoms with Crippen LogP contribution in [0.4, 0.5) is 0 Å². The Morgan fingerprint density at radius 1 is 1.15 bits per heavy atom. The van der Waals surface area contributed by atoms with Crippen LogP contribution >= 0.6 is 0 Å². The van der Waals surface area contributed by atoms with Gasteiger partial charge in [0.15, 0.2) is 5.54 Å². The normalized spacial score (nSPS) is 17.9. The van der Waals surface area contributed by atoms with E-state index in [1.807, 2.05) is 54.6 Å². The summed E-state index contributed by atoms with van der Waals surface area (Å²) < 4.78 is 12.3. The van der Waals surface area contributed by atoms with Crippen molar-refractivity contribution in [1.82, 2.24) is 25.3 Å². The number of hydrogen-bond acceptors (Lipinski definition) is 7. The summed E-state index contributed by atoms with van der Waals surface area (Å²) >= 11 is 0. The number of nitrogens with one attached hydrogen (secondary N) is 1. The van der Waals surface area contributed by atoms with Gasteiger partial charge in [0.25, 0.3) is 0 Å². The highest BCUT2D eigenvalue weighted by Crippen LogP contribution is 2.31. The molecule has 1 aliphatic rings. The van der Waals surface area contributed by atoms with Gasteiger partial charge >= 0.3 is 5.97 Å². The highest BCUT2D eigenvalue weighted by atomic mass is 16.5. The first-order chi connectivity index (χ1) is 16.5. The Hall–Kier alpha value is -4.27. The van der Waals surface area contributed by atoms with Gasteiger partial charge in [-0.3, -0.25) is 9.78 Å². The summed E-state index contributed by atoms with van der Waals surface area (Å²) in [6.45, 7) is 1.67. The number of benzene rings is 2. The number of hydrogen-bond donors (Lipinski definition) is 1. The van der Waals surface area contributed by atoms with Crippen molar-refractivity contribution in [3.8, 4) is 17.0 Å². The number of rotatable bonds is 5. The average molecular weight is 457 g/mol. The second kappa shape index (κ2) is 8.58. The van der Waals surface area contributed by atoms with Crippen LogP contribution in [0, 0.1) is 0 Å². The summed E-state index contributed by atoms with van der Waals surface area (Å²) in [7, 11) is 1.29. The first kappa shape index (κ1) is 21.6. The third kappa shape index (κ3) is 3.75. The number of aromatic nitrogens is 4. The van der Waals surface area contributed by atoms with E-state index in [0.717, 1.165) is 22.0 Å². The van der Waals surface area contributed by atoms with Crippen LogP contribution in [0.1, 0.15) is 18.5 Å². The van der Waals surface area contributed by atoms with Crippen molar-refractivity contribution < 1.29 is 19.1 Å². The topological polar surface area (TPSA) is 108 Å². The number of fused-ring (bicyclic) bond motifs is 2. The van der Waals surface area contributed by atoms with E-state index in [-0.39, 0.29) is 13.0 Å². The number of amides is 1. The van der Waals surface area contributed by atoms with E-state index >= 15 is 0 Å². The zero-order valence-electron chi connectivity index (χ0n) is 18.8. The zero-order chi connectivity index (χ0) is 23.7. The van der Waals surface area contributed by atoms with E-state index in [1.54, 1.807) is 19.3 Å². The second-order valence-corrected chi connectivity index (χ2v) is 8.27. The molecule has 0 fully saturated rings. The molecule has 2 atom stereocenters. The molecule has 0 saturated carbocycles. The van der Waals surface area contributed by atoms with Crippen LogP contribution in [0.3, 0.4) is 0 Å². The number of nitrogens with zero attached hydrogens (tertiary/aromatic N) is 4. The molecule has 9 nitrogen and oxygen atoms in total. The molecule has 0 radical (unpaired) electrons. The van der Waals surface area contributed by atoms with Crippen LogP contribution in [-0.4, -0.2) is 51.1 Å². The standard InChI is InChI=1S/C25H23N5O4/c1-16(30-14-21(28-29-30)19-8-5-10-20-18(19)9-6-12-26-20)23(31)27-25(24(32)33-2)13-17-7-3-4-11-22(17)34-15-25/h3-12,14,16H,13,15H2,1-2H3,(H,27,31). The molecular weight excluding hydrogens is 434 g/mol. The number of carbonyl (C=O) groups excluding carboxylic acids is 2. The van der Waals surface area contributed by atoms with Crippen molar-refractivity contribution >= 4 is 22.8 Å². The fourth-order valence-electron chi connectivity index (χ4n) is 4.20. The van der Waals surface area contributed by atoms with Gasteiger partial charge in [0.2, 0.25) is 5.91 Å². The van der Waals surface area contributed by atoms with Crippen molar-refractivity contribution in [2.75, 3.05) is 13.7 Å². The van der Waals surface area contributed by atoms with E-state index in [9.17, 15) is 9.59 Å². The predicted octanol–water partition coefficient (Wildman–Crippen LogP) is 2.72. The lowest BCUT2D eigenvalue weighted by Gasteiger charge is -2.36. The van der Waals surface area contributed by atoms with Gasteiger partial charge in [-0.25, -0.2) is 9.48 Å². The second-order valence-electron chi connectivity index (χ2n) is 8.27. The average Bonchev–Trinajstić information content (AvgIpc) is 3.37. The van der Waals surface area contributed by atoms with Crippen molar-refractivity contribution in [2.45, 2.75) is 24.9 Å². The van der Waals surface area contributed by atoms with E-state index in [0.29, 0.717) is 11.4 Å². The van der Waals surface area contributed by atoms with E-state index in [2.05, 4.69) is 20.6 Å². The van der Waals surface area contributed by atoms with Gasteiger partial charge in [-0.15, -0.1) is 5.10 Å². The van der Waals surface area contributed by atoms with Crippen molar-refractivity contribution in [3.05, 3.63) is 72.6 Å². The van der Waals surface area contributed by atoms with E-state index < -0.39 is 23.5 Å². The molecule has 2 aromatic carbocycles. The smallest absolute Gasteiger partial charge is 0.335 e. The van der Waals surface area contributed by atoms with Crippen LogP contribution in [0.2, 0.25) is 0 Å². The molecule has 2 aromatic heterocycles. The number of esters is 1. The van der Waals surface area contributed by atoms with Crippen molar-refractivity contribution in [3.63, 3.8) is 0 Å². The predicted molar refractivity (Wildman–Crippen MR) is 124 cm³/mol. The molecule has 4 aromatic rings. The minimum Gasteiger partial charge on any atom is -0.490 e. The zero-order valence-corrected chi connectivity index (χ0v) is 18.8. The van der Waals surface area contributed by atoms with Gasteiger partial charge < -0.3 is 14.8 Å². The lowest BCUT2D eigenvalue weighted by molar-refractivity contribution is -0.153. The Balaban J connectivity index is 1.40. The van der Waals surface area contributed by atoms with Crippen LogP contribution in [0.5, 0.6) is 5.75 Å². The van der Waals surface area contributed by atoms with Crippen molar-refractivity contribution in [1.29, 1.82) is 0 Å². The Kier molecular flexibility index (Phi) is 5.45. The highest BCUT2D eigenvalue weighted by molar-refractivity contribution is 5.93. The summed E-state index contributed by atoms with van der Waals surface area (Å²) in [5.74, 6) is -0.274. The fourth-order valence-corrected chi connectivity index (χ4v) is 4.20. The number of pyridine rings is 1. The molecule has 34 heavy (non-hydrogen) atoms. The lowest BCUT2D eigenvalue weighted by Crippen LogP contribution is -2.62. The molecule has 9 heteroatoms. The first-order valence-electron chi connectivity index (χ1n) is 10.9. The van der Waals surface area contributed by atoms with Crippen LogP contribution in [0.15, 0.2) is 67.0 Å². The molecule has 3 heterocycles. The Morgan fingerprint density at radius 3 is 2.85 bits per heavy atom. The molecule has 5 rings (SSSR count). The molecule has 1 aliphatic heterocycles. The maximum atomic E-state index is 13.2. The quantitative estimate of drug-likeness (QED) is 0.459. The fraction of sp³-hybridized carbons (Fsp3) is 0.240. The number of ether oxygens (including phenoxy) is 2. The van der Waals surface area contributed by atoms with E-state index in [4.69, 9.17) is 9.47 Å². The minimum absolute atomic E-state index is 0.0270. The molecule has 0 spiro atoms. The van der Waals surface area contributed by atoms with Gasteiger partial charge in [0.05, 0.1) is 18.8 Å². The third-order valence-electron chi connectivity index (χ3n) is 6.09. The van der Waals surface area contributed by atoms with Gasteiger partial charge in [-0.05, 0) is 30.7 Å². The van der Waals surface area contributed by atoms with Gasteiger partial charge in [-0.2, -0.15) is 0 Å². The number of methoxy groups -OCH3 is 1. The summed E-state index contributed by atoms with van der Waals surface area (Å²) in [4.78, 5) is 30.4. The SMILES string of the molecule is COC(=O)C1(NC(=O)C(C)n2cc(-c3cccc4ncccc34)nn2)COc2ccccc2C1. The molecule has 0 aliphatic carbocycles. The molecule has 0 bridgehead atoms. The van der Waals surface area contributed by atoms with Gasteiger partial charge in [-0.1, -0.05) is 41.6 Å². The van der Waals surface area contributed by atoms with Gasteiger partial charge in [0.1, 0.15) is 24.1 Å². The summed E-state index contributed by atoms with van der Waals surface area (Å²) in [5.41, 5.74) is 1.82. The van der Waals surface area contributed by atoms with E-state index in [1.165, 1.54) is 11.8 Å². The molecule has 1 N–H and O–H groups in total. The largest absolute Gasteiger partial charge is 0.490 e. The lowest BCUT2D eigenvalue weighted by atomic mass is 9.88. The number of carbonyl (C=O) groups is 2. The third-order valence-corrected chi connectivity index (χ3v) is 6.09. The summed E-state index contributed by atoms with van der Waals surface area (Å²) in [5, 5.41) is 12.3.